The number of piperidine rings is 1. The van der Waals surface area contributed by atoms with E-state index in [1.165, 1.54) is 38.5 Å². The van der Waals surface area contributed by atoms with Crippen LogP contribution in [-0.4, -0.2) is 23.9 Å². The van der Waals surface area contributed by atoms with E-state index in [1.807, 2.05) is 0 Å². The first-order chi connectivity index (χ1) is 10.2. The average Bonchev–Trinajstić information content (AvgIpc) is 2.80. The summed E-state index contributed by atoms with van der Waals surface area (Å²) in [6.45, 7) is 1.82. The highest BCUT2D eigenvalue weighted by molar-refractivity contribution is 5.85. The van der Waals surface area contributed by atoms with Crippen molar-refractivity contribution in [3.05, 3.63) is 0 Å². The minimum Gasteiger partial charge on any atom is -0.341 e. The Morgan fingerprint density at radius 1 is 0.952 bits per heavy atom. The molecule has 3 heteroatoms. The molecule has 3 fully saturated rings. The number of likely N-dealkylation sites (tertiary alicyclic amines) is 1. The number of hydrogen-bond acceptors (Lipinski definition) is 2. The maximum atomic E-state index is 13.0. The van der Waals surface area contributed by atoms with E-state index in [1.54, 1.807) is 0 Å². The topological polar surface area (TPSA) is 44.1 Å². The highest BCUT2D eigenvalue weighted by atomic mass is 16.2. The molecule has 3 aliphatic rings. The van der Waals surface area contributed by atoms with E-state index < -0.39 is 5.41 Å². The number of rotatable bonds is 1. The Balaban J connectivity index is 1.70. The van der Waals surface area contributed by atoms with Gasteiger partial charge in [0.1, 0.15) is 5.41 Å². The Morgan fingerprint density at radius 3 is 2.29 bits per heavy atom. The summed E-state index contributed by atoms with van der Waals surface area (Å²) in [6.07, 6.45) is 12.5. The van der Waals surface area contributed by atoms with Crippen LogP contribution in [0.25, 0.3) is 0 Å². The van der Waals surface area contributed by atoms with E-state index in [0.29, 0.717) is 5.92 Å². The van der Waals surface area contributed by atoms with E-state index in [0.717, 1.165) is 51.1 Å². The molecule has 0 radical (unpaired) electrons. The van der Waals surface area contributed by atoms with Crippen molar-refractivity contribution in [3.63, 3.8) is 0 Å². The largest absolute Gasteiger partial charge is 0.341 e. The first kappa shape index (κ1) is 14.9. The Morgan fingerprint density at radius 2 is 1.62 bits per heavy atom. The summed E-state index contributed by atoms with van der Waals surface area (Å²) >= 11 is 0. The molecule has 3 rings (SSSR count). The normalized spacial score (nSPS) is 32.6. The molecule has 2 unspecified atom stereocenters. The van der Waals surface area contributed by atoms with Gasteiger partial charge in [0, 0.05) is 13.1 Å². The molecule has 0 aromatic carbocycles. The van der Waals surface area contributed by atoms with Gasteiger partial charge in [-0.1, -0.05) is 44.9 Å². The summed E-state index contributed by atoms with van der Waals surface area (Å²) in [5.41, 5.74) is -0.696. The zero-order valence-electron chi connectivity index (χ0n) is 13.1. The third kappa shape index (κ3) is 2.96. The second kappa shape index (κ2) is 6.38. The first-order valence-electron chi connectivity index (χ1n) is 8.96. The maximum absolute atomic E-state index is 13.0. The van der Waals surface area contributed by atoms with Crippen LogP contribution in [0.4, 0.5) is 0 Å². The number of carbonyl (C=O) groups excluding carboxylic acids is 1. The van der Waals surface area contributed by atoms with Crippen molar-refractivity contribution in [1.29, 1.82) is 5.26 Å². The minimum atomic E-state index is -0.696. The van der Waals surface area contributed by atoms with Gasteiger partial charge in [0.15, 0.2) is 0 Å². The fourth-order valence-electron chi connectivity index (χ4n) is 4.79. The molecule has 116 valence electrons. The molecule has 21 heavy (non-hydrogen) atoms. The third-order valence-corrected chi connectivity index (χ3v) is 6.16. The van der Waals surface area contributed by atoms with Crippen LogP contribution < -0.4 is 0 Å². The maximum Gasteiger partial charge on any atom is 0.243 e. The lowest BCUT2D eigenvalue weighted by atomic mass is 9.73. The standard InChI is InChI=1S/C18H28N2O/c19-14-18(10-5-1-2-6-11-18)17(21)20-12-9-15-7-3-4-8-16(15)13-20/h15-16H,1-13H2. The summed E-state index contributed by atoms with van der Waals surface area (Å²) in [4.78, 5) is 15.1. The lowest BCUT2D eigenvalue weighted by Gasteiger charge is -2.43. The van der Waals surface area contributed by atoms with Crippen LogP contribution in [0.3, 0.4) is 0 Å². The summed E-state index contributed by atoms with van der Waals surface area (Å²) in [5, 5.41) is 9.70. The fraction of sp³-hybridized carbons (Fsp3) is 0.889. The number of fused-ring (bicyclic) bond motifs is 1. The molecule has 1 saturated heterocycles. The summed E-state index contributed by atoms with van der Waals surface area (Å²) < 4.78 is 0. The van der Waals surface area contributed by atoms with Gasteiger partial charge in [-0.25, -0.2) is 0 Å². The van der Waals surface area contributed by atoms with Crippen molar-refractivity contribution < 1.29 is 4.79 Å². The molecule has 1 aliphatic heterocycles. The number of nitriles is 1. The van der Waals surface area contributed by atoms with Crippen molar-refractivity contribution in [1.82, 2.24) is 4.90 Å². The minimum absolute atomic E-state index is 0.163. The molecule has 2 aliphatic carbocycles. The van der Waals surface area contributed by atoms with Crippen LogP contribution >= 0.6 is 0 Å². The van der Waals surface area contributed by atoms with Gasteiger partial charge in [-0.3, -0.25) is 4.79 Å². The zero-order valence-corrected chi connectivity index (χ0v) is 13.1. The van der Waals surface area contributed by atoms with E-state index in [4.69, 9.17) is 0 Å². The number of hydrogen-bond donors (Lipinski definition) is 0. The highest BCUT2D eigenvalue weighted by Crippen LogP contribution is 2.40. The Labute approximate surface area is 128 Å². The second-order valence-corrected chi connectivity index (χ2v) is 7.45. The molecular formula is C18H28N2O. The van der Waals surface area contributed by atoms with Crippen molar-refractivity contribution in [2.45, 2.75) is 70.6 Å². The molecule has 0 aromatic rings. The molecule has 3 nitrogen and oxygen atoms in total. The molecule has 1 heterocycles. The van der Waals surface area contributed by atoms with Gasteiger partial charge < -0.3 is 4.90 Å². The summed E-state index contributed by atoms with van der Waals surface area (Å²) in [7, 11) is 0. The Bertz CT molecular complexity index is 417. The van der Waals surface area contributed by atoms with Crippen molar-refractivity contribution in [3.8, 4) is 6.07 Å². The second-order valence-electron chi connectivity index (χ2n) is 7.45. The van der Waals surface area contributed by atoms with E-state index in [9.17, 15) is 10.1 Å². The molecule has 0 aromatic heterocycles. The third-order valence-electron chi connectivity index (χ3n) is 6.16. The number of nitrogens with zero attached hydrogens (tertiary/aromatic N) is 2. The number of amides is 1. The molecule has 1 amide bonds. The van der Waals surface area contributed by atoms with Crippen molar-refractivity contribution in [2.75, 3.05) is 13.1 Å². The molecule has 2 atom stereocenters. The average molecular weight is 288 g/mol. The van der Waals surface area contributed by atoms with Gasteiger partial charge in [0.2, 0.25) is 5.91 Å². The predicted molar refractivity (Wildman–Crippen MR) is 82.4 cm³/mol. The van der Waals surface area contributed by atoms with Crippen LogP contribution in [-0.2, 0) is 4.79 Å². The quantitative estimate of drug-likeness (QED) is 0.687. The smallest absolute Gasteiger partial charge is 0.243 e. The Kier molecular flexibility index (Phi) is 4.52. The molecular weight excluding hydrogens is 260 g/mol. The van der Waals surface area contributed by atoms with Crippen LogP contribution in [0.5, 0.6) is 0 Å². The number of carbonyl (C=O) groups is 1. The van der Waals surface area contributed by atoms with E-state index in [2.05, 4.69) is 11.0 Å². The first-order valence-corrected chi connectivity index (χ1v) is 8.96. The molecule has 0 bridgehead atoms. The van der Waals surface area contributed by atoms with Gasteiger partial charge in [0.05, 0.1) is 6.07 Å². The van der Waals surface area contributed by atoms with Crippen LogP contribution in [0.2, 0.25) is 0 Å². The van der Waals surface area contributed by atoms with Gasteiger partial charge >= 0.3 is 0 Å². The van der Waals surface area contributed by atoms with E-state index >= 15 is 0 Å². The van der Waals surface area contributed by atoms with Gasteiger partial charge in [-0.15, -0.1) is 0 Å². The van der Waals surface area contributed by atoms with Crippen LogP contribution in [0, 0.1) is 28.6 Å². The fourth-order valence-corrected chi connectivity index (χ4v) is 4.79. The summed E-state index contributed by atoms with van der Waals surface area (Å²) in [5.74, 6) is 1.71. The van der Waals surface area contributed by atoms with Crippen molar-refractivity contribution in [2.24, 2.45) is 17.3 Å². The summed E-state index contributed by atoms with van der Waals surface area (Å²) in [6, 6.07) is 2.44. The van der Waals surface area contributed by atoms with Gasteiger partial charge in [0.25, 0.3) is 0 Å². The van der Waals surface area contributed by atoms with Crippen molar-refractivity contribution >= 4 is 5.91 Å². The molecule has 0 N–H and O–H groups in total. The highest BCUT2D eigenvalue weighted by Gasteiger charge is 2.44. The molecule has 2 saturated carbocycles. The monoisotopic (exact) mass is 288 g/mol. The van der Waals surface area contributed by atoms with E-state index in [-0.39, 0.29) is 5.91 Å². The lowest BCUT2D eigenvalue weighted by Crippen LogP contribution is -2.50. The lowest BCUT2D eigenvalue weighted by molar-refractivity contribution is -0.143. The van der Waals surface area contributed by atoms with Gasteiger partial charge in [-0.05, 0) is 37.5 Å². The van der Waals surface area contributed by atoms with Crippen LogP contribution in [0.15, 0.2) is 0 Å². The Hall–Kier alpha value is -1.04. The predicted octanol–water partition coefficient (Wildman–Crippen LogP) is 3.89. The SMILES string of the molecule is N#CC1(C(=O)N2CCC3CCCCC3C2)CCCCCC1. The van der Waals surface area contributed by atoms with Gasteiger partial charge in [-0.2, -0.15) is 5.26 Å². The van der Waals surface area contributed by atoms with Crippen LogP contribution in [0.1, 0.15) is 70.6 Å². The zero-order chi connectivity index (χ0) is 14.7. The molecule has 0 spiro atoms.